The fourth-order valence-electron chi connectivity index (χ4n) is 4.42. The molecule has 0 amide bonds. The van der Waals surface area contributed by atoms with Crippen LogP contribution in [0.25, 0.3) is 0 Å². The van der Waals surface area contributed by atoms with Crippen LogP contribution in [-0.4, -0.2) is 25.0 Å². The number of hydrogen-bond acceptors (Lipinski definition) is 4. The summed E-state index contributed by atoms with van der Waals surface area (Å²) in [4.78, 5) is 9.64. The van der Waals surface area contributed by atoms with Crippen molar-refractivity contribution in [1.29, 1.82) is 0 Å². The second-order valence-electron chi connectivity index (χ2n) is 10.4. The lowest BCUT2D eigenvalue weighted by atomic mass is 10.1. The molecule has 0 saturated heterocycles. The Morgan fingerprint density at radius 1 is 0.553 bits per heavy atom. The van der Waals surface area contributed by atoms with Crippen LogP contribution in [0.4, 0.5) is 22.7 Å². The highest BCUT2D eigenvalue weighted by Crippen LogP contribution is 2.19. The molecular formula is C34H54N4. The predicted molar refractivity (Wildman–Crippen MR) is 171 cm³/mol. The molecule has 0 bridgehead atoms. The van der Waals surface area contributed by atoms with E-state index in [1.807, 2.05) is 6.21 Å². The summed E-state index contributed by atoms with van der Waals surface area (Å²) in [6.45, 7) is 8.83. The average molecular weight is 519 g/mol. The summed E-state index contributed by atoms with van der Waals surface area (Å²) in [5, 5.41) is 7.09. The Morgan fingerprint density at radius 3 is 1.50 bits per heavy atom. The molecule has 0 fully saturated rings. The van der Waals surface area contributed by atoms with Gasteiger partial charge in [-0.2, -0.15) is 0 Å². The molecule has 0 radical (unpaired) electrons. The Kier molecular flexibility index (Phi) is 17.7. The third-order valence-corrected chi connectivity index (χ3v) is 6.88. The molecular weight excluding hydrogens is 464 g/mol. The van der Waals surface area contributed by atoms with Gasteiger partial charge in [-0.3, -0.25) is 9.98 Å². The number of hydrogen-bond donors (Lipinski definition) is 2. The van der Waals surface area contributed by atoms with Crippen LogP contribution < -0.4 is 10.6 Å². The third-order valence-electron chi connectivity index (χ3n) is 6.88. The summed E-state index contributed by atoms with van der Waals surface area (Å²) < 4.78 is 0. The molecule has 2 N–H and O–H groups in total. The van der Waals surface area contributed by atoms with E-state index in [-0.39, 0.29) is 0 Å². The van der Waals surface area contributed by atoms with Gasteiger partial charge in [-0.1, -0.05) is 91.4 Å². The standard InChI is InChI=1S/C34H54N4/c1-4-7-10-12-14-16-27-35-30-19-21-32(22-20-30)37-29-34(18-9-6-3)38-33-25-23-31(24-26-33)36-28-17-15-13-11-8-5-2/h19-26,29,35-36H,4-18,27-28H2,1-3H3. The fraction of sp³-hybridized carbons (Fsp3) is 0.588. The second-order valence-corrected chi connectivity index (χ2v) is 10.4. The van der Waals surface area contributed by atoms with E-state index in [2.05, 4.69) is 79.9 Å². The number of anilines is 2. The molecule has 0 aliphatic carbocycles. The van der Waals surface area contributed by atoms with E-state index in [1.54, 1.807) is 0 Å². The summed E-state index contributed by atoms with van der Waals surface area (Å²) in [6, 6.07) is 16.9. The van der Waals surface area contributed by atoms with E-state index in [9.17, 15) is 0 Å². The van der Waals surface area contributed by atoms with Crippen molar-refractivity contribution in [1.82, 2.24) is 0 Å². The molecule has 2 rings (SSSR count). The quantitative estimate of drug-likeness (QED) is 0.120. The molecule has 38 heavy (non-hydrogen) atoms. The lowest BCUT2D eigenvalue weighted by molar-refractivity contribution is 0.617. The zero-order valence-corrected chi connectivity index (χ0v) is 24.6. The zero-order chi connectivity index (χ0) is 27.1. The van der Waals surface area contributed by atoms with Crippen molar-refractivity contribution in [2.24, 2.45) is 9.98 Å². The van der Waals surface area contributed by atoms with E-state index in [4.69, 9.17) is 9.98 Å². The Balaban J connectivity index is 1.82. The van der Waals surface area contributed by atoms with Gasteiger partial charge in [0.05, 0.1) is 17.1 Å². The van der Waals surface area contributed by atoms with Gasteiger partial charge in [0, 0.05) is 30.7 Å². The molecule has 0 heterocycles. The molecule has 0 unspecified atom stereocenters. The van der Waals surface area contributed by atoms with Crippen LogP contribution in [0.5, 0.6) is 0 Å². The lowest BCUT2D eigenvalue weighted by Gasteiger charge is -2.07. The Morgan fingerprint density at radius 2 is 1.00 bits per heavy atom. The topological polar surface area (TPSA) is 48.8 Å². The number of unbranched alkanes of at least 4 members (excludes halogenated alkanes) is 11. The molecule has 4 heteroatoms. The number of nitrogens with zero attached hydrogens (tertiary/aromatic N) is 2. The van der Waals surface area contributed by atoms with Gasteiger partial charge in [0.15, 0.2) is 0 Å². The van der Waals surface area contributed by atoms with Crippen LogP contribution >= 0.6 is 0 Å². The first-order valence-electron chi connectivity index (χ1n) is 15.5. The van der Waals surface area contributed by atoms with E-state index in [0.717, 1.165) is 49.4 Å². The zero-order valence-electron chi connectivity index (χ0n) is 24.6. The van der Waals surface area contributed by atoms with E-state index in [0.29, 0.717) is 0 Å². The van der Waals surface area contributed by atoms with Crippen molar-refractivity contribution < 1.29 is 0 Å². The average Bonchev–Trinajstić information content (AvgIpc) is 2.95. The molecule has 210 valence electrons. The van der Waals surface area contributed by atoms with E-state index >= 15 is 0 Å². The smallest absolute Gasteiger partial charge is 0.0635 e. The predicted octanol–water partition coefficient (Wildman–Crippen LogP) is 10.9. The van der Waals surface area contributed by atoms with Gasteiger partial charge in [-0.15, -0.1) is 0 Å². The summed E-state index contributed by atoms with van der Waals surface area (Å²) >= 11 is 0. The highest BCUT2D eigenvalue weighted by atomic mass is 14.9. The van der Waals surface area contributed by atoms with Crippen LogP contribution in [0.1, 0.15) is 117 Å². The minimum atomic E-state index is 0.940. The van der Waals surface area contributed by atoms with Gasteiger partial charge in [0.25, 0.3) is 0 Å². The van der Waals surface area contributed by atoms with Gasteiger partial charge in [0.2, 0.25) is 0 Å². The van der Waals surface area contributed by atoms with Gasteiger partial charge in [-0.05, 0) is 74.2 Å². The van der Waals surface area contributed by atoms with Gasteiger partial charge in [0.1, 0.15) is 0 Å². The van der Waals surface area contributed by atoms with Crippen LogP contribution in [0.3, 0.4) is 0 Å². The van der Waals surface area contributed by atoms with Crippen LogP contribution in [0.2, 0.25) is 0 Å². The molecule has 0 saturated carbocycles. The molecule has 0 atom stereocenters. The molecule has 2 aromatic rings. The van der Waals surface area contributed by atoms with Gasteiger partial charge < -0.3 is 10.6 Å². The number of benzene rings is 2. The molecule has 2 aromatic carbocycles. The maximum absolute atomic E-state index is 4.91. The first-order valence-corrected chi connectivity index (χ1v) is 15.5. The molecule has 0 aliphatic rings. The van der Waals surface area contributed by atoms with Crippen molar-refractivity contribution in [3.8, 4) is 0 Å². The highest BCUT2D eigenvalue weighted by Gasteiger charge is 2.00. The van der Waals surface area contributed by atoms with Gasteiger partial charge in [-0.25, -0.2) is 0 Å². The van der Waals surface area contributed by atoms with Crippen molar-refractivity contribution >= 4 is 34.7 Å². The largest absolute Gasteiger partial charge is 0.385 e. The second kappa shape index (κ2) is 21.3. The van der Waals surface area contributed by atoms with Crippen molar-refractivity contribution in [3.05, 3.63) is 48.5 Å². The van der Waals surface area contributed by atoms with Crippen molar-refractivity contribution in [3.63, 3.8) is 0 Å². The minimum Gasteiger partial charge on any atom is -0.385 e. The third kappa shape index (κ3) is 15.0. The van der Waals surface area contributed by atoms with E-state index in [1.165, 1.54) is 88.4 Å². The Labute approximate surface area is 233 Å². The van der Waals surface area contributed by atoms with Crippen LogP contribution in [0, 0.1) is 0 Å². The number of nitrogens with one attached hydrogen (secondary N) is 2. The monoisotopic (exact) mass is 518 g/mol. The summed E-state index contributed by atoms with van der Waals surface area (Å²) in [6.07, 6.45) is 21.0. The molecule has 0 aliphatic heterocycles. The lowest BCUT2D eigenvalue weighted by Crippen LogP contribution is -2.01. The maximum Gasteiger partial charge on any atom is 0.0635 e. The SMILES string of the molecule is CCCCCCCCNc1ccc(N=CC(CCCC)=Nc2ccc(NCCCCCCCC)cc2)cc1. The number of rotatable bonds is 22. The summed E-state index contributed by atoms with van der Waals surface area (Å²) in [5.41, 5.74) is 5.33. The van der Waals surface area contributed by atoms with Crippen molar-refractivity contribution in [2.75, 3.05) is 23.7 Å². The molecule has 0 spiro atoms. The van der Waals surface area contributed by atoms with E-state index < -0.39 is 0 Å². The Bertz CT molecular complexity index is 884. The summed E-state index contributed by atoms with van der Waals surface area (Å²) in [7, 11) is 0. The van der Waals surface area contributed by atoms with Crippen LogP contribution in [-0.2, 0) is 0 Å². The molecule has 0 aromatic heterocycles. The highest BCUT2D eigenvalue weighted by molar-refractivity contribution is 6.31. The summed E-state index contributed by atoms with van der Waals surface area (Å²) in [5.74, 6) is 0. The Hall–Kier alpha value is -2.62. The maximum atomic E-state index is 4.91. The minimum absolute atomic E-state index is 0.940. The first-order chi connectivity index (χ1) is 18.7. The van der Waals surface area contributed by atoms with Gasteiger partial charge >= 0.3 is 0 Å². The number of aliphatic imine (C=N–C) groups is 2. The molecule has 4 nitrogen and oxygen atoms in total. The first kappa shape index (κ1) is 31.6. The normalized spacial score (nSPS) is 11.8. The fourth-order valence-corrected chi connectivity index (χ4v) is 4.42. The van der Waals surface area contributed by atoms with Crippen LogP contribution in [0.15, 0.2) is 58.5 Å². The van der Waals surface area contributed by atoms with Crippen molar-refractivity contribution in [2.45, 2.75) is 117 Å².